The molecule has 0 aromatic heterocycles. The molecule has 4 heteroatoms. The largest absolute Gasteiger partial charge is 0.496 e. The van der Waals surface area contributed by atoms with Gasteiger partial charge in [0.15, 0.2) is 0 Å². The Kier molecular flexibility index (Phi) is 8.15. The standard InChI is InChI=1S/C15H20O3S/c1-17-9-10-19-12-14-11-13(5-3-4-8-16)6-7-15(14)18-2/h6-7,11,16H,4,8-10,12H2,1-2H3. The lowest BCUT2D eigenvalue weighted by Crippen LogP contribution is -1.95. The number of methoxy groups -OCH3 is 2. The lowest BCUT2D eigenvalue weighted by molar-refractivity contribution is 0.218. The van der Waals surface area contributed by atoms with E-state index in [1.807, 2.05) is 18.2 Å². The van der Waals surface area contributed by atoms with Crippen LogP contribution < -0.4 is 4.74 Å². The van der Waals surface area contributed by atoms with Gasteiger partial charge in [-0.25, -0.2) is 0 Å². The van der Waals surface area contributed by atoms with Gasteiger partial charge in [0, 0.05) is 36.2 Å². The van der Waals surface area contributed by atoms with Gasteiger partial charge in [0.2, 0.25) is 0 Å². The van der Waals surface area contributed by atoms with Gasteiger partial charge in [-0.1, -0.05) is 11.8 Å². The molecule has 0 aliphatic carbocycles. The maximum absolute atomic E-state index is 8.71. The highest BCUT2D eigenvalue weighted by atomic mass is 32.2. The van der Waals surface area contributed by atoms with Gasteiger partial charge in [-0.3, -0.25) is 0 Å². The maximum Gasteiger partial charge on any atom is 0.122 e. The minimum atomic E-state index is 0.100. The van der Waals surface area contributed by atoms with Crippen molar-refractivity contribution in [3.05, 3.63) is 29.3 Å². The van der Waals surface area contributed by atoms with Crippen molar-refractivity contribution in [2.45, 2.75) is 12.2 Å². The Bertz CT molecular complexity index is 435. The summed E-state index contributed by atoms with van der Waals surface area (Å²) < 4.78 is 10.4. The van der Waals surface area contributed by atoms with Crippen molar-refractivity contribution in [2.24, 2.45) is 0 Å². The zero-order chi connectivity index (χ0) is 13.9. The Labute approximate surface area is 119 Å². The molecule has 0 amide bonds. The first-order valence-electron chi connectivity index (χ1n) is 6.15. The summed E-state index contributed by atoms with van der Waals surface area (Å²) in [6.07, 6.45) is 0.504. The molecular weight excluding hydrogens is 260 g/mol. The van der Waals surface area contributed by atoms with Crippen LogP contribution in [0.25, 0.3) is 0 Å². The molecule has 0 aliphatic heterocycles. The third-order valence-electron chi connectivity index (χ3n) is 2.44. The summed E-state index contributed by atoms with van der Waals surface area (Å²) in [5.74, 6) is 8.69. The Balaban J connectivity index is 2.70. The second-order valence-corrected chi connectivity index (χ2v) is 4.95. The summed E-state index contributed by atoms with van der Waals surface area (Å²) >= 11 is 1.80. The second-order valence-electron chi connectivity index (χ2n) is 3.85. The first-order valence-corrected chi connectivity index (χ1v) is 7.30. The Morgan fingerprint density at radius 1 is 1.32 bits per heavy atom. The monoisotopic (exact) mass is 280 g/mol. The van der Waals surface area contributed by atoms with E-state index in [1.165, 1.54) is 0 Å². The van der Waals surface area contributed by atoms with E-state index < -0.39 is 0 Å². The summed E-state index contributed by atoms with van der Waals surface area (Å²) in [6, 6.07) is 5.92. The van der Waals surface area contributed by atoms with Crippen molar-refractivity contribution in [1.29, 1.82) is 0 Å². The Morgan fingerprint density at radius 3 is 2.84 bits per heavy atom. The van der Waals surface area contributed by atoms with Crippen LogP contribution in [0.15, 0.2) is 18.2 Å². The van der Waals surface area contributed by atoms with Gasteiger partial charge >= 0.3 is 0 Å². The van der Waals surface area contributed by atoms with E-state index in [1.54, 1.807) is 26.0 Å². The van der Waals surface area contributed by atoms with Crippen molar-refractivity contribution in [1.82, 2.24) is 0 Å². The molecule has 1 aromatic rings. The number of ether oxygens (including phenoxy) is 2. The molecular formula is C15H20O3S. The molecule has 0 saturated heterocycles. The van der Waals surface area contributed by atoms with Crippen LogP contribution in [0.5, 0.6) is 5.75 Å². The predicted molar refractivity (Wildman–Crippen MR) is 79.6 cm³/mol. The van der Waals surface area contributed by atoms with E-state index in [0.29, 0.717) is 6.42 Å². The maximum atomic E-state index is 8.71. The number of thioether (sulfide) groups is 1. The quantitative estimate of drug-likeness (QED) is 0.614. The molecule has 0 spiro atoms. The predicted octanol–water partition coefficient (Wildman–Crippen LogP) is 2.31. The number of benzene rings is 1. The lowest BCUT2D eigenvalue weighted by atomic mass is 10.1. The molecule has 0 radical (unpaired) electrons. The van der Waals surface area contributed by atoms with Crippen molar-refractivity contribution < 1.29 is 14.6 Å². The lowest BCUT2D eigenvalue weighted by Gasteiger charge is -2.08. The molecule has 0 atom stereocenters. The normalized spacial score (nSPS) is 9.84. The highest BCUT2D eigenvalue weighted by molar-refractivity contribution is 7.98. The molecule has 0 saturated carbocycles. The van der Waals surface area contributed by atoms with E-state index in [4.69, 9.17) is 14.6 Å². The number of aliphatic hydroxyl groups is 1. The van der Waals surface area contributed by atoms with Crippen LogP contribution in [-0.2, 0) is 10.5 Å². The second kappa shape index (κ2) is 9.74. The van der Waals surface area contributed by atoms with Crippen molar-refractivity contribution in [3.8, 4) is 17.6 Å². The molecule has 0 bridgehead atoms. The topological polar surface area (TPSA) is 38.7 Å². The van der Waals surface area contributed by atoms with E-state index >= 15 is 0 Å². The summed E-state index contributed by atoms with van der Waals surface area (Å²) in [7, 11) is 3.38. The van der Waals surface area contributed by atoms with E-state index in [9.17, 15) is 0 Å². The van der Waals surface area contributed by atoms with Gasteiger partial charge in [-0.15, -0.1) is 0 Å². The third kappa shape index (κ3) is 6.02. The van der Waals surface area contributed by atoms with Crippen LogP contribution in [0.2, 0.25) is 0 Å². The SMILES string of the molecule is COCCSCc1cc(C#CCCO)ccc1OC. The van der Waals surface area contributed by atoms with Gasteiger partial charge in [0.1, 0.15) is 5.75 Å². The van der Waals surface area contributed by atoms with Crippen LogP contribution in [0, 0.1) is 11.8 Å². The molecule has 0 fully saturated rings. The van der Waals surface area contributed by atoms with Gasteiger partial charge < -0.3 is 14.6 Å². The first-order chi connectivity index (χ1) is 9.31. The smallest absolute Gasteiger partial charge is 0.122 e. The molecule has 0 heterocycles. The van der Waals surface area contributed by atoms with Gasteiger partial charge in [0.25, 0.3) is 0 Å². The highest BCUT2D eigenvalue weighted by Crippen LogP contribution is 2.24. The van der Waals surface area contributed by atoms with E-state index in [0.717, 1.165) is 35.0 Å². The number of aliphatic hydroxyl groups excluding tert-OH is 1. The van der Waals surface area contributed by atoms with Gasteiger partial charge in [-0.2, -0.15) is 11.8 Å². The van der Waals surface area contributed by atoms with Crippen molar-refractivity contribution in [2.75, 3.05) is 33.2 Å². The molecule has 0 aliphatic rings. The van der Waals surface area contributed by atoms with Gasteiger partial charge in [-0.05, 0) is 18.2 Å². The average molecular weight is 280 g/mol. The number of hydrogen-bond donors (Lipinski definition) is 1. The van der Waals surface area contributed by atoms with Gasteiger partial charge in [0.05, 0.1) is 20.3 Å². The summed E-state index contributed by atoms with van der Waals surface area (Å²) in [4.78, 5) is 0. The van der Waals surface area contributed by atoms with E-state index in [-0.39, 0.29) is 6.61 Å². The average Bonchev–Trinajstić information content (AvgIpc) is 2.44. The number of rotatable bonds is 7. The molecule has 0 unspecified atom stereocenters. The third-order valence-corrected chi connectivity index (χ3v) is 3.41. The minimum Gasteiger partial charge on any atom is -0.496 e. The fraction of sp³-hybridized carbons (Fsp3) is 0.467. The molecule has 1 N–H and O–H groups in total. The minimum absolute atomic E-state index is 0.100. The van der Waals surface area contributed by atoms with Crippen LogP contribution >= 0.6 is 11.8 Å². The van der Waals surface area contributed by atoms with Crippen molar-refractivity contribution >= 4 is 11.8 Å². The number of hydrogen-bond acceptors (Lipinski definition) is 4. The summed E-state index contributed by atoms with van der Waals surface area (Å²) in [6.45, 7) is 0.853. The summed E-state index contributed by atoms with van der Waals surface area (Å²) in [5.41, 5.74) is 2.09. The fourth-order valence-electron chi connectivity index (χ4n) is 1.51. The molecule has 1 aromatic carbocycles. The Hall–Kier alpha value is -1.15. The fourth-order valence-corrected chi connectivity index (χ4v) is 2.39. The molecule has 1 rings (SSSR count). The first kappa shape index (κ1) is 15.9. The Morgan fingerprint density at radius 2 is 2.16 bits per heavy atom. The molecule has 104 valence electrons. The van der Waals surface area contributed by atoms with Crippen LogP contribution in [0.4, 0.5) is 0 Å². The zero-order valence-corrected chi connectivity index (χ0v) is 12.3. The van der Waals surface area contributed by atoms with E-state index in [2.05, 4.69) is 11.8 Å². The zero-order valence-electron chi connectivity index (χ0n) is 11.4. The van der Waals surface area contributed by atoms with Crippen LogP contribution in [-0.4, -0.2) is 38.3 Å². The van der Waals surface area contributed by atoms with Crippen molar-refractivity contribution in [3.63, 3.8) is 0 Å². The highest BCUT2D eigenvalue weighted by Gasteiger charge is 2.03. The summed E-state index contributed by atoms with van der Waals surface area (Å²) in [5, 5.41) is 8.71. The van der Waals surface area contributed by atoms with Crippen LogP contribution in [0.3, 0.4) is 0 Å². The molecule has 19 heavy (non-hydrogen) atoms. The molecule has 3 nitrogen and oxygen atoms in total. The van der Waals surface area contributed by atoms with Crippen LogP contribution in [0.1, 0.15) is 17.5 Å².